The Morgan fingerprint density at radius 1 is 1.40 bits per heavy atom. The fourth-order valence-electron chi connectivity index (χ4n) is 4.11. The largest absolute Gasteiger partial charge is 0.508 e. The van der Waals surface area contributed by atoms with Gasteiger partial charge < -0.3 is 10.2 Å². The van der Waals surface area contributed by atoms with Crippen LogP contribution in [0.4, 0.5) is 0 Å². The van der Waals surface area contributed by atoms with E-state index in [9.17, 15) is 10.2 Å². The summed E-state index contributed by atoms with van der Waals surface area (Å²) in [7, 11) is 0. The molecule has 3 unspecified atom stereocenters. The molecule has 0 saturated heterocycles. The third-order valence-electron chi connectivity index (χ3n) is 5.44. The van der Waals surface area contributed by atoms with Crippen LogP contribution < -0.4 is 0 Å². The zero-order valence-electron chi connectivity index (χ0n) is 12.0. The summed E-state index contributed by atoms with van der Waals surface area (Å²) in [4.78, 5) is 0. The molecule has 2 aliphatic carbocycles. The number of fused-ring (bicyclic) bond motifs is 3. The first-order valence-electron chi connectivity index (χ1n) is 7.54. The molecule has 2 heteroatoms. The molecule has 1 aromatic carbocycles. The van der Waals surface area contributed by atoms with Crippen LogP contribution in [0.3, 0.4) is 0 Å². The van der Waals surface area contributed by atoms with Gasteiger partial charge in [0.25, 0.3) is 0 Å². The summed E-state index contributed by atoms with van der Waals surface area (Å²) in [5, 5.41) is 20.4. The molecule has 20 heavy (non-hydrogen) atoms. The van der Waals surface area contributed by atoms with Crippen molar-refractivity contribution in [1.82, 2.24) is 0 Å². The first-order valence-corrected chi connectivity index (χ1v) is 7.54. The second-order valence-electron chi connectivity index (χ2n) is 6.52. The van der Waals surface area contributed by atoms with Crippen molar-refractivity contribution >= 4 is 0 Å². The van der Waals surface area contributed by atoms with Crippen molar-refractivity contribution in [3.05, 3.63) is 29.3 Å². The van der Waals surface area contributed by atoms with Crippen LogP contribution in [0.2, 0.25) is 0 Å². The molecule has 0 spiro atoms. The summed E-state index contributed by atoms with van der Waals surface area (Å²) in [5.74, 6) is 4.03. The van der Waals surface area contributed by atoms with Gasteiger partial charge >= 0.3 is 0 Å². The molecule has 0 aliphatic heterocycles. The minimum atomic E-state index is -0.690. The van der Waals surface area contributed by atoms with Crippen molar-refractivity contribution in [2.45, 2.75) is 50.5 Å². The van der Waals surface area contributed by atoms with Crippen LogP contribution in [0.15, 0.2) is 18.2 Å². The molecule has 106 valence electrons. The van der Waals surface area contributed by atoms with E-state index in [0.29, 0.717) is 17.6 Å². The summed E-state index contributed by atoms with van der Waals surface area (Å²) in [5.41, 5.74) is 1.96. The van der Waals surface area contributed by atoms with Gasteiger partial charge in [-0.05, 0) is 74.1 Å². The molecule has 0 aromatic heterocycles. The molecule has 1 saturated carbocycles. The van der Waals surface area contributed by atoms with E-state index in [1.165, 1.54) is 11.1 Å². The summed E-state index contributed by atoms with van der Waals surface area (Å²) < 4.78 is 0. The van der Waals surface area contributed by atoms with Crippen LogP contribution in [-0.2, 0) is 6.42 Å². The van der Waals surface area contributed by atoms with Gasteiger partial charge in [-0.15, -0.1) is 12.3 Å². The minimum Gasteiger partial charge on any atom is -0.508 e. The molecule has 0 heterocycles. The van der Waals surface area contributed by atoms with Crippen molar-refractivity contribution in [2.75, 3.05) is 0 Å². The van der Waals surface area contributed by atoms with Crippen molar-refractivity contribution in [3.8, 4) is 18.1 Å². The van der Waals surface area contributed by atoms with Gasteiger partial charge in [-0.1, -0.05) is 6.07 Å². The average Bonchev–Trinajstić information content (AvgIpc) is 2.45. The third kappa shape index (κ3) is 2.11. The van der Waals surface area contributed by atoms with Gasteiger partial charge in [-0.2, -0.15) is 0 Å². The van der Waals surface area contributed by atoms with Crippen LogP contribution in [0, 0.1) is 24.2 Å². The topological polar surface area (TPSA) is 40.5 Å². The first-order chi connectivity index (χ1) is 9.53. The normalized spacial score (nSPS) is 33.6. The molecular weight excluding hydrogens is 248 g/mol. The number of benzene rings is 1. The second-order valence-corrected chi connectivity index (χ2v) is 6.52. The zero-order valence-corrected chi connectivity index (χ0v) is 12.0. The highest BCUT2D eigenvalue weighted by atomic mass is 16.3. The number of aryl methyl sites for hydroxylation is 1. The summed E-state index contributed by atoms with van der Waals surface area (Å²) >= 11 is 0. The number of phenols is 1. The van der Waals surface area contributed by atoms with E-state index in [0.717, 1.165) is 32.1 Å². The molecule has 0 radical (unpaired) electrons. The molecule has 0 amide bonds. The highest BCUT2D eigenvalue weighted by Crippen LogP contribution is 2.50. The predicted molar refractivity (Wildman–Crippen MR) is 79.5 cm³/mol. The number of rotatable bonds is 1. The number of aliphatic hydroxyl groups is 1. The van der Waals surface area contributed by atoms with Crippen molar-refractivity contribution in [1.29, 1.82) is 0 Å². The Hall–Kier alpha value is -1.46. The van der Waals surface area contributed by atoms with Gasteiger partial charge in [0, 0.05) is 5.92 Å². The summed E-state index contributed by atoms with van der Waals surface area (Å²) in [6, 6.07) is 5.75. The Labute approximate surface area is 120 Å². The van der Waals surface area contributed by atoms with E-state index in [-0.39, 0.29) is 5.92 Å². The predicted octanol–water partition coefficient (Wildman–Crippen LogP) is 3.22. The Kier molecular flexibility index (Phi) is 3.26. The van der Waals surface area contributed by atoms with Gasteiger partial charge in [0.05, 0.1) is 5.60 Å². The maximum absolute atomic E-state index is 10.8. The van der Waals surface area contributed by atoms with E-state index in [4.69, 9.17) is 6.42 Å². The molecule has 2 nitrogen and oxygen atoms in total. The van der Waals surface area contributed by atoms with Crippen LogP contribution in [0.5, 0.6) is 5.75 Å². The highest BCUT2D eigenvalue weighted by molar-refractivity contribution is 5.39. The first kappa shape index (κ1) is 13.5. The number of phenolic OH excluding ortho intramolecular Hbond substituents is 1. The van der Waals surface area contributed by atoms with E-state index < -0.39 is 5.60 Å². The van der Waals surface area contributed by atoms with Crippen molar-refractivity contribution < 1.29 is 10.2 Å². The molecule has 2 N–H and O–H groups in total. The smallest absolute Gasteiger partial charge is 0.115 e. The molecule has 1 aromatic rings. The highest BCUT2D eigenvalue weighted by Gasteiger charge is 2.44. The maximum atomic E-state index is 10.8. The van der Waals surface area contributed by atoms with Gasteiger partial charge in [0.2, 0.25) is 0 Å². The lowest BCUT2D eigenvalue weighted by Gasteiger charge is -2.46. The Balaban J connectivity index is 1.86. The Bertz CT molecular complexity index is 557. The van der Waals surface area contributed by atoms with E-state index in [1.54, 1.807) is 6.07 Å². The molecule has 3 rings (SSSR count). The molecule has 2 aliphatic rings. The Morgan fingerprint density at radius 3 is 2.95 bits per heavy atom. The van der Waals surface area contributed by atoms with Crippen molar-refractivity contribution in [2.24, 2.45) is 11.8 Å². The quantitative estimate of drug-likeness (QED) is 0.769. The van der Waals surface area contributed by atoms with E-state index >= 15 is 0 Å². The van der Waals surface area contributed by atoms with Gasteiger partial charge in [0.1, 0.15) is 5.75 Å². The molecule has 0 bridgehead atoms. The fourth-order valence-corrected chi connectivity index (χ4v) is 4.11. The molecular formula is C18H22O2. The summed E-state index contributed by atoms with van der Waals surface area (Å²) in [6.07, 6.45) is 10.2. The second kappa shape index (κ2) is 4.82. The number of hydrogen-bond acceptors (Lipinski definition) is 2. The molecule has 4 atom stereocenters. The SMILES string of the molecule is C#C[C@H](C)C1(O)CCC2c3ccc(O)cc3CCC2C1. The van der Waals surface area contributed by atoms with E-state index in [1.807, 2.05) is 13.0 Å². The lowest BCUT2D eigenvalue weighted by molar-refractivity contribution is -0.0513. The Morgan fingerprint density at radius 2 is 2.20 bits per heavy atom. The van der Waals surface area contributed by atoms with Gasteiger partial charge in [-0.3, -0.25) is 0 Å². The average molecular weight is 270 g/mol. The third-order valence-corrected chi connectivity index (χ3v) is 5.44. The fraction of sp³-hybridized carbons (Fsp3) is 0.556. The van der Waals surface area contributed by atoms with Crippen LogP contribution in [-0.4, -0.2) is 15.8 Å². The monoisotopic (exact) mass is 270 g/mol. The van der Waals surface area contributed by atoms with Gasteiger partial charge in [0.15, 0.2) is 0 Å². The van der Waals surface area contributed by atoms with E-state index in [2.05, 4.69) is 12.0 Å². The zero-order chi connectivity index (χ0) is 14.3. The lowest BCUT2D eigenvalue weighted by Crippen LogP contribution is -2.44. The number of aromatic hydroxyl groups is 1. The van der Waals surface area contributed by atoms with Crippen molar-refractivity contribution in [3.63, 3.8) is 0 Å². The van der Waals surface area contributed by atoms with Crippen LogP contribution in [0.1, 0.15) is 49.7 Å². The maximum Gasteiger partial charge on any atom is 0.115 e. The summed E-state index contributed by atoms with van der Waals surface area (Å²) in [6.45, 7) is 1.95. The molecule has 1 fully saturated rings. The number of hydrogen-bond donors (Lipinski definition) is 2. The number of terminal acetylenes is 1. The minimum absolute atomic E-state index is 0.0790. The van der Waals surface area contributed by atoms with Crippen LogP contribution in [0.25, 0.3) is 0 Å². The van der Waals surface area contributed by atoms with Gasteiger partial charge in [-0.25, -0.2) is 0 Å². The lowest BCUT2D eigenvalue weighted by atomic mass is 9.61. The van der Waals surface area contributed by atoms with Crippen LogP contribution >= 0.6 is 0 Å². The standard InChI is InChI=1S/C18H22O2/c1-3-12(2)18(20)9-8-17-14(11-18)5-4-13-10-15(19)6-7-16(13)17/h1,6-7,10,12,14,17,19-20H,4-5,8-9,11H2,2H3/t12-,14?,17?,18?/m0/s1.